The van der Waals surface area contributed by atoms with Gasteiger partial charge in [0.15, 0.2) is 0 Å². The van der Waals surface area contributed by atoms with Gasteiger partial charge in [0.05, 0.1) is 18.1 Å². The molecule has 0 aliphatic carbocycles. The van der Waals surface area contributed by atoms with Gasteiger partial charge in [0.1, 0.15) is 5.75 Å². The van der Waals surface area contributed by atoms with Crippen LogP contribution in [-0.2, 0) is 0 Å². The molecule has 0 radical (unpaired) electrons. The fourth-order valence-electron chi connectivity index (χ4n) is 1.76. The van der Waals surface area contributed by atoms with Crippen LogP contribution in [0, 0.1) is 0 Å². The Morgan fingerprint density at radius 1 is 0.889 bits per heavy atom. The molecule has 0 bridgehead atoms. The Morgan fingerprint density at radius 3 is 2.44 bits per heavy atom. The molecule has 3 aromatic rings. The molecule has 2 aromatic carbocycles. The van der Waals surface area contributed by atoms with Gasteiger partial charge in [-0.25, -0.2) is 9.97 Å². The fraction of sp³-hybridized carbons (Fsp3) is 0. The van der Waals surface area contributed by atoms with E-state index in [2.05, 4.69) is 9.97 Å². The molecule has 0 atom stereocenters. The van der Waals surface area contributed by atoms with Crippen LogP contribution in [0.5, 0.6) is 11.8 Å². The summed E-state index contributed by atoms with van der Waals surface area (Å²) in [6.45, 7) is 0. The van der Waals surface area contributed by atoms with E-state index in [1.54, 1.807) is 0 Å². The van der Waals surface area contributed by atoms with Crippen molar-refractivity contribution in [2.45, 2.75) is 0 Å². The number of anilines is 1. The van der Waals surface area contributed by atoms with E-state index >= 15 is 0 Å². The Morgan fingerprint density at radius 2 is 1.61 bits per heavy atom. The van der Waals surface area contributed by atoms with E-state index in [9.17, 15) is 0 Å². The zero-order valence-electron chi connectivity index (χ0n) is 9.58. The van der Waals surface area contributed by atoms with Gasteiger partial charge in [-0.2, -0.15) is 0 Å². The molecule has 88 valence electrons. The van der Waals surface area contributed by atoms with E-state index in [1.165, 1.54) is 12.4 Å². The zero-order valence-corrected chi connectivity index (χ0v) is 9.58. The highest BCUT2D eigenvalue weighted by molar-refractivity contribution is 5.88. The van der Waals surface area contributed by atoms with Crippen LogP contribution in [0.1, 0.15) is 0 Å². The third-order valence-electron chi connectivity index (χ3n) is 2.60. The van der Waals surface area contributed by atoms with Crippen molar-refractivity contribution >= 4 is 16.5 Å². The molecular formula is C14H11N3O. The molecule has 1 heterocycles. The molecule has 0 saturated carbocycles. The van der Waals surface area contributed by atoms with Gasteiger partial charge in [0, 0.05) is 5.39 Å². The average Bonchev–Trinajstić information content (AvgIpc) is 2.42. The summed E-state index contributed by atoms with van der Waals surface area (Å²) >= 11 is 0. The molecule has 0 unspecified atom stereocenters. The largest absolute Gasteiger partial charge is 0.424 e. The van der Waals surface area contributed by atoms with Crippen molar-refractivity contribution in [2.24, 2.45) is 0 Å². The number of nitrogen functional groups attached to an aromatic ring is 1. The number of nitrogens with zero attached hydrogens (tertiary/aromatic N) is 2. The van der Waals surface area contributed by atoms with Crippen molar-refractivity contribution in [1.82, 2.24) is 9.97 Å². The van der Waals surface area contributed by atoms with Gasteiger partial charge in [-0.15, -0.1) is 0 Å². The number of benzene rings is 2. The number of ether oxygens (including phenoxy) is 1. The van der Waals surface area contributed by atoms with Crippen LogP contribution < -0.4 is 10.5 Å². The number of hydrogen-bond donors (Lipinski definition) is 1. The second kappa shape index (κ2) is 4.33. The minimum absolute atomic E-state index is 0.292. The molecule has 0 amide bonds. The highest BCUT2D eigenvalue weighted by Crippen LogP contribution is 2.27. The third-order valence-corrected chi connectivity index (χ3v) is 2.60. The highest BCUT2D eigenvalue weighted by atomic mass is 16.5. The van der Waals surface area contributed by atoms with Gasteiger partial charge < -0.3 is 10.5 Å². The quantitative estimate of drug-likeness (QED) is 0.744. The van der Waals surface area contributed by atoms with E-state index in [4.69, 9.17) is 10.5 Å². The van der Waals surface area contributed by atoms with Crippen molar-refractivity contribution < 1.29 is 4.74 Å². The van der Waals surface area contributed by atoms with E-state index in [-0.39, 0.29) is 0 Å². The molecule has 2 N–H and O–H groups in total. The normalized spacial score (nSPS) is 10.4. The van der Waals surface area contributed by atoms with Crippen molar-refractivity contribution in [2.75, 3.05) is 5.73 Å². The summed E-state index contributed by atoms with van der Waals surface area (Å²) < 4.78 is 5.67. The van der Waals surface area contributed by atoms with Crippen LogP contribution >= 0.6 is 0 Å². The van der Waals surface area contributed by atoms with E-state index in [0.717, 1.165) is 16.5 Å². The lowest BCUT2D eigenvalue weighted by atomic mass is 10.1. The SMILES string of the molecule is Nc1cnc(Oc2cccc3ccccc23)nc1. The van der Waals surface area contributed by atoms with Crippen molar-refractivity contribution in [1.29, 1.82) is 0 Å². The first-order valence-corrected chi connectivity index (χ1v) is 5.56. The Kier molecular flexibility index (Phi) is 2.53. The van der Waals surface area contributed by atoms with Crippen LogP contribution in [0.2, 0.25) is 0 Å². The lowest BCUT2D eigenvalue weighted by molar-refractivity contribution is 0.447. The summed E-state index contributed by atoms with van der Waals surface area (Å²) in [7, 11) is 0. The average molecular weight is 237 g/mol. The lowest BCUT2D eigenvalue weighted by Gasteiger charge is -2.06. The Labute approximate surface area is 104 Å². The fourth-order valence-corrected chi connectivity index (χ4v) is 1.76. The minimum atomic E-state index is 0.292. The summed E-state index contributed by atoms with van der Waals surface area (Å²) in [5.41, 5.74) is 6.04. The first-order chi connectivity index (χ1) is 8.83. The molecule has 0 spiro atoms. The molecule has 18 heavy (non-hydrogen) atoms. The molecular weight excluding hydrogens is 226 g/mol. The Hall–Kier alpha value is -2.62. The molecule has 0 fully saturated rings. The predicted octanol–water partition coefficient (Wildman–Crippen LogP) is 3.00. The van der Waals surface area contributed by atoms with E-state index in [0.29, 0.717) is 11.7 Å². The molecule has 3 rings (SSSR count). The minimum Gasteiger partial charge on any atom is -0.424 e. The topological polar surface area (TPSA) is 61.0 Å². The van der Waals surface area contributed by atoms with Crippen LogP contribution in [0.3, 0.4) is 0 Å². The first kappa shape index (κ1) is 10.5. The zero-order chi connectivity index (χ0) is 12.4. The van der Waals surface area contributed by atoms with Crippen molar-refractivity contribution in [3.05, 3.63) is 54.9 Å². The number of fused-ring (bicyclic) bond motifs is 1. The van der Waals surface area contributed by atoms with Gasteiger partial charge in [0.2, 0.25) is 0 Å². The molecule has 0 saturated heterocycles. The Bertz CT molecular complexity index is 675. The second-order valence-electron chi connectivity index (χ2n) is 3.88. The molecule has 0 aliphatic heterocycles. The maximum Gasteiger partial charge on any atom is 0.322 e. The van der Waals surface area contributed by atoms with Crippen LogP contribution in [0.25, 0.3) is 10.8 Å². The van der Waals surface area contributed by atoms with Crippen LogP contribution in [0.15, 0.2) is 54.9 Å². The maximum atomic E-state index is 5.67. The summed E-state index contributed by atoms with van der Waals surface area (Å²) in [5.74, 6) is 0.734. The van der Waals surface area contributed by atoms with E-state index in [1.807, 2.05) is 42.5 Å². The predicted molar refractivity (Wildman–Crippen MR) is 70.5 cm³/mol. The number of rotatable bonds is 2. The van der Waals surface area contributed by atoms with Crippen LogP contribution in [0.4, 0.5) is 5.69 Å². The summed E-state index contributed by atoms with van der Waals surface area (Å²) in [6.07, 6.45) is 3.04. The lowest BCUT2D eigenvalue weighted by Crippen LogP contribution is -1.94. The van der Waals surface area contributed by atoms with Gasteiger partial charge >= 0.3 is 6.01 Å². The van der Waals surface area contributed by atoms with Gasteiger partial charge in [-0.3, -0.25) is 0 Å². The van der Waals surface area contributed by atoms with Crippen molar-refractivity contribution in [3.8, 4) is 11.8 Å². The monoisotopic (exact) mass is 237 g/mol. The number of hydrogen-bond acceptors (Lipinski definition) is 4. The number of aromatic nitrogens is 2. The Balaban J connectivity index is 2.02. The highest BCUT2D eigenvalue weighted by Gasteiger charge is 2.04. The maximum absolute atomic E-state index is 5.67. The first-order valence-electron chi connectivity index (χ1n) is 5.56. The molecule has 0 aliphatic rings. The van der Waals surface area contributed by atoms with Crippen LogP contribution in [-0.4, -0.2) is 9.97 Å². The summed E-state index contributed by atoms with van der Waals surface area (Å²) in [6, 6.07) is 14.2. The van der Waals surface area contributed by atoms with Gasteiger partial charge in [0.25, 0.3) is 0 Å². The summed E-state index contributed by atoms with van der Waals surface area (Å²) in [4.78, 5) is 8.04. The molecule has 4 nitrogen and oxygen atoms in total. The summed E-state index contributed by atoms with van der Waals surface area (Å²) in [5, 5.41) is 2.14. The molecule has 1 aromatic heterocycles. The van der Waals surface area contributed by atoms with Crippen molar-refractivity contribution in [3.63, 3.8) is 0 Å². The molecule has 4 heteroatoms. The number of nitrogens with two attached hydrogens (primary N) is 1. The standard InChI is InChI=1S/C14H11N3O/c15-11-8-16-14(17-9-11)18-13-7-3-5-10-4-1-2-6-12(10)13/h1-9H,15H2. The van der Waals surface area contributed by atoms with E-state index < -0.39 is 0 Å². The smallest absolute Gasteiger partial charge is 0.322 e. The third kappa shape index (κ3) is 1.96. The van der Waals surface area contributed by atoms with Gasteiger partial charge in [-0.1, -0.05) is 36.4 Å². The second-order valence-corrected chi connectivity index (χ2v) is 3.88. The van der Waals surface area contributed by atoms with Gasteiger partial charge in [-0.05, 0) is 11.5 Å².